The van der Waals surface area contributed by atoms with Gasteiger partial charge in [0.2, 0.25) is 0 Å². The first-order valence-corrected chi connectivity index (χ1v) is 4.44. The van der Waals surface area contributed by atoms with E-state index in [9.17, 15) is 4.39 Å². The van der Waals surface area contributed by atoms with Gasteiger partial charge in [-0.2, -0.15) is 0 Å². The molecular weight excluding hydrogens is 153 g/mol. The summed E-state index contributed by atoms with van der Waals surface area (Å²) in [6.07, 6.45) is 6.64. The largest absolute Gasteiger partial charge is 0.386 e. The van der Waals surface area contributed by atoms with Crippen LogP contribution in [0, 0.1) is 0 Å². The van der Waals surface area contributed by atoms with Crippen molar-refractivity contribution in [1.82, 2.24) is 5.32 Å². The smallest absolute Gasteiger partial charge is 0.129 e. The molecular formula is C10H18FN. The van der Waals surface area contributed by atoms with Gasteiger partial charge >= 0.3 is 0 Å². The standard InChI is InChI=1S/C10H18FN/c1-3-5-6-8-12-10(9-11)7-4-2/h3,7,12H,1,4-6,8-9H2,2H3/b10-7-. The molecule has 1 nitrogen and oxygen atoms in total. The van der Waals surface area contributed by atoms with E-state index in [0.29, 0.717) is 5.70 Å². The number of allylic oxidation sites excluding steroid dienone is 3. The van der Waals surface area contributed by atoms with Gasteiger partial charge in [0.1, 0.15) is 6.67 Å². The summed E-state index contributed by atoms with van der Waals surface area (Å²) in [5.74, 6) is 0. The average molecular weight is 171 g/mol. The zero-order valence-electron chi connectivity index (χ0n) is 7.78. The fourth-order valence-electron chi connectivity index (χ4n) is 0.916. The van der Waals surface area contributed by atoms with E-state index in [2.05, 4.69) is 11.9 Å². The van der Waals surface area contributed by atoms with Gasteiger partial charge in [-0.25, -0.2) is 4.39 Å². The molecule has 12 heavy (non-hydrogen) atoms. The monoisotopic (exact) mass is 171 g/mol. The van der Waals surface area contributed by atoms with Crippen LogP contribution in [0.3, 0.4) is 0 Å². The third-order valence-electron chi connectivity index (χ3n) is 1.53. The third kappa shape index (κ3) is 5.96. The van der Waals surface area contributed by atoms with Gasteiger partial charge in [0.15, 0.2) is 0 Å². The minimum absolute atomic E-state index is 0.387. The van der Waals surface area contributed by atoms with Crippen molar-refractivity contribution in [2.24, 2.45) is 0 Å². The molecule has 0 atom stereocenters. The summed E-state index contributed by atoms with van der Waals surface area (Å²) >= 11 is 0. The molecule has 2 heteroatoms. The first kappa shape index (κ1) is 11.2. The molecule has 0 fully saturated rings. The van der Waals surface area contributed by atoms with E-state index < -0.39 is 0 Å². The Balaban J connectivity index is 3.44. The van der Waals surface area contributed by atoms with Gasteiger partial charge in [-0.15, -0.1) is 6.58 Å². The Morgan fingerprint density at radius 3 is 2.83 bits per heavy atom. The molecule has 0 aliphatic rings. The summed E-state index contributed by atoms with van der Waals surface area (Å²) in [5, 5.41) is 3.04. The predicted molar refractivity (Wildman–Crippen MR) is 51.8 cm³/mol. The molecule has 0 aliphatic heterocycles. The van der Waals surface area contributed by atoms with Gasteiger partial charge < -0.3 is 5.32 Å². The number of nitrogens with one attached hydrogen (secondary N) is 1. The predicted octanol–water partition coefficient (Wildman–Crippen LogP) is 2.81. The molecule has 1 N–H and O–H groups in total. The van der Waals surface area contributed by atoms with Crippen LogP contribution in [0.5, 0.6) is 0 Å². The highest BCUT2D eigenvalue weighted by atomic mass is 19.1. The molecule has 0 aromatic heterocycles. The normalized spacial score (nSPS) is 11.3. The van der Waals surface area contributed by atoms with Gasteiger partial charge in [0.05, 0.1) is 0 Å². The Hall–Kier alpha value is -0.790. The van der Waals surface area contributed by atoms with Gasteiger partial charge in [-0.3, -0.25) is 0 Å². The second-order valence-electron chi connectivity index (χ2n) is 2.63. The topological polar surface area (TPSA) is 12.0 Å². The van der Waals surface area contributed by atoms with Crippen LogP contribution in [0.4, 0.5) is 4.39 Å². The lowest BCUT2D eigenvalue weighted by Gasteiger charge is -2.05. The van der Waals surface area contributed by atoms with Crippen molar-refractivity contribution >= 4 is 0 Å². The molecule has 0 rings (SSSR count). The quantitative estimate of drug-likeness (QED) is 0.459. The van der Waals surface area contributed by atoms with Crippen LogP contribution in [-0.2, 0) is 0 Å². The number of hydrogen-bond acceptors (Lipinski definition) is 1. The van der Waals surface area contributed by atoms with E-state index in [0.717, 1.165) is 25.8 Å². The summed E-state index contributed by atoms with van der Waals surface area (Å²) in [4.78, 5) is 0. The molecule has 0 aromatic rings. The highest BCUT2D eigenvalue weighted by molar-refractivity contribution is 4.98. The fraction of sp³-hybridized carbons (Fsp3) is 0.600. The maximum absolute atomic E-state index is 12.2. The molecule has 0 spiro atoms. The van der Waals surface area contributed by atoms with Crippen LogP contribution in [-0.4, -0.2) is 13.2 Å². The van der Waals surface area contributed by atoms with E-state index in [-0.39, 0.29) is 6.67 Å². The molecule has 0 unspecified atom stereocenters. The summed E-state index contributed by atoms with van der Waals surface area (Å²) in [5.41, 5.74) is 0.710. The Morgan fingerprint density at radius 2 is 2.33 bits per heavy atom. The van der Waals surface area contributed by atoms with Gasteiger partial charge in [0, 0.05) is 12.2 Å². The highest BCUT2D eigenvalue weighted by Crippen LogP contribution is 1.95. The SMILES string of the molecule is C=CCCCN/C(=C\CC)CF. The van der Waals surface area contributed by atoms with E-state index in [1.807, 2.05) is 19.1 Å². The molecule has 0 aliphatic carbocycles. The molecule has 70 valence electrons. The number of halogens is 1. The second kappa shape index (κ2) is 8.31. The maximum Gasteiger partial charge on any atom is 0.129 e. The van der Waals surface area contributed by atoms with Gasteiger partial charge in [-0.05, 0) is 19.3 Å². The van der Waals surface area contributed by atoms with Gasteiger partial charge in [0.25, 0.3) is 0 Å². The van der Waals surface area contributed by atoms with Gasteiger partial charge in [-0.1, -0.05) is 19.1 Å². The summed E-state index contributed by atoms with van der Waals surface area (Å²) < 4.78 is 12.2. The Morgan fingerprint density at radius 1 is 1.58 bits per heavy atom. The van der Waals surface area contributed by atoms with Crippen molar-refractivity contribution in [3.05, 3.63) is 24.4 Å². The lowest BCUT2D eigenvalue weighted by Crippen LogP contribution is -2.15. The lowest BCUT2D eigenvalue weighted by molar-refractivity contribution is 0.513. The first-order chi connectivity index (χ1) is 5.85. The zero-order chi connectivity index (χ0) is 9.23. The molecule has 0 saturated heterocycles. The van der Waals surface area contributed by atoms with Crippen LogP contribution in [0.2, 0.25) is 0 Å². The molecule has 0 heterocycles. The zero-order valence-corrected chi connectivity index (χ0v) is 7.78. The van der Waals surface area contributed by atoms with E-state index in [4.69, 9.17) is 0 Å². The second-order valence-corrected chi connectivity index (χ2v) is 2.63. The van der Waals surface area contributed by atoms with Crippen molar-refractivity contribution in [3.63, 3.8) is 0 Å². The number of alkyl halides is 1. The fourth-order valence-corrected chi connectivity index (χ4v) is 0.916. The summed E-state index contributed by atoms with van der Waals surface area (Å²) in [6.45, 7) is 6.07. The molecule has 0 saturated carbocycles. The molecule has 0 aromatic carbocycles. The van der Waals surface area contributed by atoms with Crippen molar-refractivity contribution in [2.45, 2.75) is 26.2 Å². The minimum Gasteiger partial charge on any atom is -0.386 e. The van der Waals surface area contributed by atoms with Crippen LogP contribution in [0.25, 0.3) is 0 Å². The third-order valence-corrected chi connectivity index (χ3v) is 1.53. The van der Waals surface area contributed by atoms with E-state index in [1.54, 1.807) is 0 Å². The summed E-state index contributed by atoms with van der Waals surface area (Å²) in [7, 11) is 0. The highest BCUT2D eigenvalue weighted by Gasteiger charge is 1.92. The Bertz CT molecular complexity index is 141. The number of unbranched alkanes of at least 4 members (excludes halogenated alkanes) is 1. The van der Waals surface area contributed by atoms with E-state index in [1.165, 1.54) is 0 Å². The maximum atomic E-state index is 12.2. The molecule has 0 amide bonds. The Labute approximate surface area is 74.4 Å². The van der Waals surface area contributed by atoms with Crippen molar-refractivity contribution < 1.29 is 4.39 Å². The van der Waals surface area contributed by atoms with Crippen LogP contribution in [0.1, 0.15) is 26.2 Å². The average Bonchev–Trinajstić information content (AvgIpc) is 2.10. The Kier molecular flexibility index (Phi) is 7.76. The first-order valence-electron chi connectivity index (χ1n) is 4.44. The van der Waals surface area contributed by atoms with Crippen molar-refractivity contribution in [1.29, 1.82) is 0 Å². The number of hydrogen-bond donors (Lipinski definition) is 1. The molecule has 0 bridgehead atoms. The molecule has 0 radical (unpaired) electrons. The van der Waals surface area contributed by atoms with Crippen LogP contribution < -0.4 is 5.32 Å². The minimum atomic E-state index is -0.387. The number of rotatable bonds is 7. The van der Waals surface area contributed by atoms with E-state index >= 15 is 0 Å². The van der Waals surface area contributed by atoms with Crippen molar-refractivity contribution in [2.75, 3.05) is 13.2 Å². The lowest BCUT2D eigenvalue weighted by atomic mass is 10.3. The van der Waals surface area contributed by atoms with Crippen LogP contribution in [0.15, 0.2) is 24.4 Å². The van der Waals surface area contributed by atoms with Crippen LogP contribution >= 0.6 is 0 Å². The van der Waals surface area contributed by atoms with Crippen molar-refractivity contribution in [3.8, 4) is 0 Å². The summed E-state index contributed by atoms with van der Waals surface area (Å²) in [6, 6.07) is 0.